The van der Waals surface area contributed by atoms with Crippen LogP contribution in [0, 0.1) is 12.7 Å². The molecule has 4 aromatic rings. The van der Waals surface area contributed by atoms with Crippen molar-refractivity contribution in [3.05, 3.63) is 93.6 Å². The number of rotatable bonds is 7. The number of halogens is 3. The topological polar surface area (TPSA) is 74.0 Å². The predicted octanol–water partition coefficient (Wildman–Crippen LogP) is 5.17. The van der Waals surface area contributed by atoms with Crippen molar-refractivity contribution in [2.24, 2.45) is 0 Å². The van der Waals surface area contributed by atoms with E-state index in [1.807, 2.05) is 6.92 Å². The molecule has 0 spiro atoms. The fourth-order valence-corrected chi connectivity index (χ4v) is 3.38. The molecule has 0 aliphatic heterocycles. The van der Waals surface area contributed by atoms with Crippen LogP contribution in [0.25, 0.3) is 0 Å². The smallest absolute Gasteiger partial charge is 0.277 e. The number of carbonyl (C=O) groups excluding carboxylic acids is 1. The first kappa shape index (κ1) is 21.9. The number of aryl methyl sites for hydroxylation is 1. The van der Waals surface area contributed by atoms with Gasteiger partial charge in [0.2, 0.25) is 0 Å². The van der Waals surface area contributed by atoms with Crippen molar-refractivity contribution in [1.29, 1.82) is 0 Å². The van der Waals surface area contributed by atoms with Gasteiger partial charge in [0.15, 0.2) is 18.2 Å². The minimum absolute atomic E-state index is 0.125. The summed E-state index contributed by atoms with van der Waals surface area (Å²) in [6.45, 7) is 2.32. The van der Waals surface area contributed by atoms with Crippen LogP contribution in [0.4, 0.5) is 10.2 Å². The molecule has 0 fully saturated rings. The van der Waals surface area contributed by atoms with E-state index >= 15 is 0 Å². The summed E-state index contributed by atoms with van der Waals surface area (Å²) in [5, 5.41) is 12.2. The minimum atomic E-state index is -0.407. The predicted molar refractivity (Wildman–Crippen MR) is 120 cm³/mol. The minimum Gasteiger partial charge on any atom is -0.471 e. The van der Waals surface area contributed by atoms with E-state index < -0.39 is 11.7 Å². The number of aromatic nitrogens is 4. The van der Waals surface area contributed by atoms with Crippen LogP contribution < -0.4 is 10.1 Å². The summed E-state index contributed by atoms with van der Waals surface area (Å²) < 4.78 is 22.0. The number of ether oxygens (including phenoxy) is 1. The van der Waals surface area contributed by atoms with Gasteiger partial charge in [-0.15, -0.1) is 0 Å². The summed E-state index contributed by atoms with van der Waals surface area (Å²) in [7, 11) is 0. The zero-order valence-corrected chi connectivity index (χ0v) is 18.4. The van der Waals surface area contributed by atoms with Gasteiger partial charge in [0.1, 0.15) is 11.6 Å². The van der Waals surface area contributed by atoms with Gasteiger partial charge in [-0.1, -0.05) is 35.3 Å². The maximum Gasteiger partial charge on any atom is 0.277 e. The summed E-state index contributed by atoms with van der Waals surface area (Å²) in [5.41, 5.74) is 1.74. The zero-order valence-electron chi connectivity index (χ0n) is 16.9. The van der Waals surface area contributed by atoms with Crippen LogP contribution in [0.3, 0.4) is 0 Å². The van der Waals surface area contributed by atoms with Crippen LogP contribution in [0.1, 0.15) is 21.7 Å². The Morgan fingerprint density at radius 3 is 2.75 bits per heavy atom. The number of nitrogens with zero attached hydrogens (tertiary/aromatic N) is 4. The number of anilines is 1. The van der Waals surface area contributed by atoms with E-state index in [9.17, 15) is 9.18 Å². The average molecular weight is 474 g/mol. The van der Waals surface area contributed by atoms with E-state index in [2.05, 4.69) is 15.5 Å². The van der Waals surface area contributed by atoms with E-state index in [-0.39, 0.29) is 12.4 Å². The van der Waals surface area contributed by atoms with Gasteiger partial charge in [-0.3, -0.25) is 9.48 Å². The van der Waals surface area contributed by atoms with E-state index in [0.29, 0.717) is 28.2 Å². The molecule has 164 valence electrons. The van der Waals surface area contributed by atoms with Crippen LogP contribution in [0.5, 0.6) is 5.75 Å². The molecule has 32 heavy (non-hydrogen) atoms. The van der Waals surface area contributed by atoms with E-state index in [1.165, 1.54) is 16.8 Å². The lowest BCUT2D eigenvalue weighted by atomic mass is 10.2. The van der Waals surface area contributed by atoms with Crippen molar-refractivity contribution in [3.8, 4) is 5.75 Å². The highest BCUT2D eigenvalue weighted by atomic mass is 35.5. The second-order valence-electron chi connectivity index (χ2n) is 6.99. The monoisotopic (exact) mass is 473 g/mol. The fraction of sp³-hybridized carbons (Fsp3) is 0.136. The molecule has 0 aliphatic rings. The third-order valence-electron chi connectivity index (χ3n) is 4.59. The van der Waals surface area contributed by atoms with Crippen molar-refractivity contribution in [2.75, 3.05) is 5.32 Å². The quantitative estimate of drug-likeness (QED) is 0.401. The Balaban J connectivity index is 1.38. The molecule has 10 heteroatoms. The number of hydrogen-bond donors (Lipinski definition) is 1. The molecule has 0 unspecified atom stereocenters. The summed E-state index contributed by atoms with van der Waals surface area (Å²) >= 11 is 12.0. The highest BCUT2D eigenvalue weighted by Crippen LogP contribution is 2.20. The zero-order chi connectivity index (χ0) is 22.7. The first-order valence-corrected chi connectivity index (χ1v) is 10.3. The summed E-state index contributed by atoms with van der Waals surface area (Å²) in [6.07, 6.45) is 1.64. The molecule has 0 saturated carbocycles. The molecule has 7 nitrogen and oxygen atoms in total. The Labute approximate surface area is 193 Å². The van der Waals surface area contributed by atoms with Gasteiger partial charge in [0, 0.05) is 28.0 Å². The van der Waals surface area contributed by atoms with Crippen molar-refractivity contribution in [3.63, 3.8) is 0 Å². The Morgan fingerprint density at radius 1 is 1.12 bits per heavy atom. The molecule has 0 saturated heterocycles. The Hall–Kier alpha value is -3.36. The number of nitrogens with one attached hydrogen (secondary N) is 1. The standard InChI is InChI=1S/C22H18Cl2FN5O2/c1-14-9-21(28-30(14)12-15-5-6-17(25)11-19(15)24)26-22(31)20-7-8-29(27-20)13-32-18-4-2-3-16(23)10-18/h2-11H,12-13H2,1H3,(H,26,28,31). The van der Waals surface area contributed by atoms with E-state index in [0.717, 1.165) is 11.3 Å². The molecule has 0 radical (unpaired) electrons. The molecule has 2 heterocycles. The van der Waals surface area contributed by atoms with E-state index in [1.54, 1.807) is 53.3 Å². The van der Waals surface area contributed by atoms with Gasteiger partial charge >= 0.3 is 0 Å². The van der Waals surface area contributed by atoms with Crippen molar-refractivity contribution in [1.82, 2.24) is 19.6 Å². The molecule has 2 aromatic carbocycles. The maximum absolute atomic E-state index is 13.3. The summed E-state index contributed by atoms with van der Waals surface area (Å²) in [6, 6.07) is 14.5. The normalized spacial score (nSPS) is 10.9. The van der Waals surface area contributed by atoms with Gasteiger partial charge in [-0.25, -0.2) is 9.07 Å². The first-order valence-electron chi connectivity index (χ1n) is 9.59. The van der Waals surface area contributed by atoms with E-state index in [4.69, 9.17) is 27.9 Å². The van der Waals surface area contributed by atoms with Crippen LogP contribution in [0.15, 0.2) is 60.8 Å². The molecule has 1 amide bonds. The lowest BCUT2D eigenvalue weighted by molar-refractivity contribution is 0.101. The van der Waals surface area contributed by atoms with Crippen LogP contribution in [-0.4, -0.2) is 25.5 Å². The number of amides is 1. The Kier molecular flexibility index (Phi) is 6.43. The lowest BCUT2D eigenvalue weighted by Gasteiger charge is -2.07. The second-order valence-corrected chi connectivity index (χ2v) is 7.83. The Bertz CT molecular complexity index is 1270. The molecular weight excluding hydrogens is 456 g/mol. The van der Waals surface area contributed by atoms with Crippen LogP contribution >= 0.6 is 23.2 Å². The van der Waals surface area contributed by atoms with Crippen molar-refractivity contribution >= 4 is 34.9 Å². The molecule has 0 aliphatic carbocycles. The molecular formula is C22H18Cl2FN5O2. The third kappa shape index (κ3) is 5.27. The SMILES string of the molecule is Cc1cc(NC(=O)c2ccn(COc3cccc(Cl)c3)n2)nn1Cc1ccc(F)cc1Cl. The highest BCUT2D eigenvalue weighted by molar-refractivity contribution is 6.31. The molecule has 0 atom stereocenters. The number of benzene rings is 2. The van der Waals surface area contributed by atoms with Crippen LogP contribution in [-0.2, 0) is 13.3 Å². The molecule has 2 aromatic heterocycles. The molecule has 0 bridgehead atoms. The maximum atomic E-state index is 13.3. The molecule has 1 N–H and O–H groups in total. The fourth-order valence-electron chi connectivity index (χ4n) is 2.98. The number of hydrogen-bond acceptors (Lipinski definition) is 4. The van der Waals surface area contributed by atoms with Crippen molar-refractivity contribution in [2.45, 2.75) is 20.2 Å². The van der Waals surface area contributed by atoms with Gasteiger partial charge < -0.3 is 10.1 Å². The average Bonchev–Trinajstić information content (AvgIpc) is 3.35. The highest BCUT2D eigenvalue weighted by Gasteiger charge is 2.14. The Morgan fingerprint density at radius 2 is 1.97 bits per heavy atom. The summed E-state index contributed by atoms with van der Waals surface area (Å²) in [4.78, 5) is 12.6. The van der Waals surface area contributed by atoms with Gasteiger partial charge in [0.25, 0.3) is 5.91 Å². The second kappa shape index (κ2) is 9.42. The van der Waals surface area contributed by atoms with Crippen molar-refractivity contribution < 1.29 is 13.9 Å². The third-order valence-corrected chi connectivity index (χ3v) is 5.18. The van der Waals surface area contributed by atoms with Crippen LogP contribution in [0.2, 0.25) is 10.0 Å². The van der Waals surface area contributed by atoms with Gasteiger partial charge in [-0.2, -0.15) is 10.2 Å². The molecule has 4 rings (SSSR count). The van der Waals surface area contributed by atoms with Gasteiger partial charge in [0.05, 0.1) is 6.54 Å². The largest absolute Gasteiger partial charge is 0.471 e. The van der Waals surface area contributed by atoms with Gasteiger partial charge in [-0.05, 0) is 48.9 Å². The lowest BCUT2D eigenvalue weighted by Crippen LogP contribution is -2.15. The first-order chi connectivity index (χ1) is 15.4. The summed E-state index contributed by atoms with van der Waals surface area (Å²) in [5.74, 6) is 0.161. The number of carbonyl (C=O) groups is 1.